The molecule has 0 aromatic heterocycles. The highest BCUT2D eigenvalue weighted by Gasteiger charge is 2.22. The van der Waals surface area contributed by atoms with Crippen LogP contribution in [0.4, 0.5) is 5.69 Å². The van der Waals surface area contributed by atoms with E-state index in [1.165, 1.54) is 14.0 Å². The summed E-state index contributed by atoms with van der Waals surface area (Å²) in [6, 6.07) is 1.01. The molecule has 0 radical (unpaired) electrons. The van der Waals surface area contributed by atoms with E-state index >= 15 is 0 Å². The second kappa shape index (κ2) is 3.95. The first-order valence-corrected chi connectivity index (χ1v) is 4.03. The maximum absolute atomic E-state index is 10.6. The lowest BCUT2D eigenvalue weighted by atomic mass is 10.1. The predicted octanol–water partition coefficient (Wildman–Crippen LogP) is 1.43. The van der Waals surface area contributed by atoms with Crippen molar-refractivity contribution in [1.29, 1.82) is 0 Å². The normalized spacial score (nSPS) is 9.73. The largest absolute Gasteiger partial charge is 0.500 e. The van der Waals surface area contributed by atoms with E-state index in [4.69, 9.17) is 4.74 Å². The Hall–Kier alpha value is -2.11. The number of aldehydes is 1. The first-order chi connectivity index (χ1) is 7.02. The van der Waals surface area contributed by atoms with Crippen LogP contribution in [0, 0.1) is 17.0 Å². The summed E-state index contributed by atoms with van der Waals surface area (Å²) >= 11 is 0. The SMILES string of the molecule is COc1c(C)c(C=O)cc([N+](=O)[O-])c1O. The van der Waals surface area contributed by atoms with Crippen molar-refractivity contribution >= 4 is 12.0 Å². The summed E-state index contributed by atoms with van der Waals surface area (Å²) < 4.78 is 4.80. The van der Waals surface area contributed by atoms with Crippen molar-refractivity contribution in [3.05, 3.63) is 27.3 Å². The van der Waals surface area contributed by atoms with Crippen molar-refractivity contribution in [3.63, 3.8) is 0 Å². The lowest BCUT2D eigenvalue weighted by molar-refractivity contribution is -0.386. The average Bonchev–Trinajstić information content (AvgIpc) is 2.18. The number of carbonyl (C=O) groups excluding carboxylic acids is 1. The Balaban J connectivity index is 3.58. The van der Waals surface area contributed by atoms with Gasteiger partial charge in [-0.25, -0.2) is 0 Å². The smallest absolute Gasteiger partial charge is 0.315 e. The summed E-state index contributed by atoms with van der Waals surface area (Å²) in [5.74, 6) is -0.614. The molecule has 0 bridgehead atoms. The Kier molecular flexibility index (Phi) is 2.89. The van der Waals surface area contributed by atoms with Crippen LogP contribution in [-0.2, 0) is 0 Å². The minimum atomic E-state index is -0.774. The third-order valence-corrected chi connectivity index (χ3v) is 2.05. The molecule has 1 aromatic carbocycles. The Labute approximate surface area is 85.2 Å². The Morgan fingerprint density at radius 2 is 2.20 bits per heavy atom. The highest BCUT2D eigenvalue weighted by molar-refractivity contribution is 5.82. The first kappa shape index (κ1) is 11.0. The molecule has 6 nitrogen and oxygen atoms in total. The van der Waals surface area contributed by atoms with E-state index in [1.807, 2.05) is 0 Å². The van der Waals surface area contributed by atoms with Gasteiger partial charge in [0.2, 0.25) is 5.75 Å². The summed E-state index contributed by atoms with van der Waals surface area (Å²) in [6.45, 7) is 1.53. The number of hydrogen-bond donors (Lipinski definition) is 1. The van der Waals surface area contributed by atoms with Crippen molar-refractivity contribution in [2.45, 2.75) is 6.92 Å². The second-order valence-corrected chi connectivity index (χ2v) is 2.87. The molecule has 0 saturated heterocycles. The van der Waals surface area contributed by atoms with Gasteiger partial charge < -0.3 is 9.84 Å². The predicted molar refractivity (Wildman–Crippen MR) is 51.4 cm³/mol. The summed E-state index contributed by atoms with van der Waals surface area (Å²) in [4.78, 5) is 20.4. The summed E-state index contributed by atoms with van der Waals surface area (Å²) in [5, 5.41) is 20.0. The quantitative estimate of drug-likeness (QED) is 0.464. The van der Waals surface area contributed by atoms with Gasteiger partial charge in [-0.15, -0.1) is 0 Å². The van der Waals surface area contributed by atoms with Crippen LogP contribution in [0.2, 0.25) is 0 Å². The van der Waals surface area contributed by atoms with Gasteiger partial charge in [0.05, 0.1) is 12.0 Å². The van der Waals surface area contributed by atoms with E-state index < -0.39 is 16.4 Å². The monoisotopic (exact) mass is 211 g/mol. The van der Waals surface area contributed by atoms with E-state index in [1.54, 1.807) is 0 Å². The third kappa shape index (κ3) is 1.74. The number of benzene rings is 1. The number of nitrogens with zero attached hydrogens (tertiary/aromatic N) is 1. The highest BCUT2D eigenvalue weighted by Crippen LogP contribution is 2.39. The van der Waals surface area contributed by atoms with Crippen LogP contribution >= 0.6 is 0 Å². The Bertz CT molecular complexity index is 427. The van der Waals surface area contributed by atoms with Gasteiger partial charge >= 0.3 is 5.69 Å². The lowest BCUT2D eigenvalue weighted by Crippen LogP contribution is -1.98. The van der Waals surface area contributed by atoms with Gasteiger partial charge in [0.15, 0.2) is 12.0 Å². The lowest BCUT2D eigenvalue weighted by Gasteiger charge is -2.08. The molecule has 1 N–H and O–H groups in total. The molecule has 0 amide bonds. The van der Waals surface area contributed by atoms with Gasteiger partial charge in [0, 0.05) is 17.2 Å². The van der Waals surface area contributed by atoms with Crippen LogP contribution in [0.1, 0.15) is 15.9 Å². The van der Waals surface area contributed by atoms with Crippen molar-refractivity contribution in [2.24, 2.45) is 0 Å². The minimum Gasteiger partial charge on any atom is -0.500 e. The van der Waals surface area contributed by atoms with Crippen LogP contribution in [0.15, 0.2) is 6.07 Å². The molecule has 0 spiro atoms. The molecule has 0 aliphatic heterocycles. The van der Waals surface area contributed by atoms with Gasteiger partial charge in [-0.05, 0) is 6.92 Å². The fourth-order valence-corrected chi connectivity index (χ4v) is 1.26. The van der Waals surface area contributed by atoms with Gasteiger partial charge in [0.25, 0.3) is 0 Å². The van der Waals surface area contributed by atoms with Gasteiger partial charge in [0.1, 0.15) is 0 Å². The number of methoxy groups -OCH3 is 1. The molecule has 0 aliphatic rings. The number of nitro groups is 1. The third-order valence-electron chi connectivity index (χ3n) is 2.05. The number of phenolic OH excluding ortho intramolecular Hbond substituents is 1. The van der Waals surface area contributed by atoms with Crippen LogP contribution in [0.3, 0.4) is 0 Å². The molecule has 1 aromatic rings. The molecule has 15 heavy (non-hydrogen) atoms. The zero-order valence-electron chi connectivity index (χ0n) is 8.18. The van der Waals surface area contributed by atoms with E-state index in [0.717, 1.165) is 6.07 Å². The summed E-state index contributed by atoms with van der Waals surface area (Å²) in [7, 11) is 1.26. The molecular formula is C9H9NO5. The number of carbonyl (C=O) groups is 1. The molecule has 0 unspecified atom stereocenters. The van der Waals surface area contributed by atoms with E-state index in [2.05, 4.69) is 0 Å². The molecule has 0 heterocycles. The number of phenols is 1. The van der Waals surface area contributed by atoms with Crippen LogP contribution in [0.25, 0.3) is 0 Å². The van der Waals surface area contributed by atoms with Crippen molar-refractivity contribution in [1.82, 2.24) is 0 Å². The van der Waals surface area contributed by atoms with Crippen molar-refractivity contribution in [2.75, 3.05) is 7.11 Å². The number of rotatable bonds is 3. The fraction of sp³-hybridized carbons (Fsp3) is 0.222. The van der Waals surface area contributed by atoms with E-state index in [0.29, 0.717) is 11.8 Å². The molecule has 1 rings (SSSR count). The van der Waals surface area contributed by atoms with E-state index in [9.17, 15) is 20.0 Å². The maximum Gasteiger partial charge on any atom is 0.315 e. The summed E-state index contributed by atoms with van der Waals surface area (Å²) in [6.07, 6.45) is 0.476. The van der Waals surface area contributed by atoms with Crippen LogP contribution in [-0.4, -0.2) is 23.4 Å². The number of ether oxygens (including phenoxy) is 1. The molecule has 6 heteroatoms. The van der Waals surface area contributed by atoms with Gasteiger partial charge in [-0.3, -0.25) is 14.9 Å². The Morgan fingerprint density at radius 1 is 1.60 bits per heavy atom. The average molecular weight is 211 g/mol. The number of hydrogen-bond acceptors (Lipinski definition) is 5. The zero-order chi connectivity index (χ0) is 11.6. The van der Waals surface area contributed by atoms with Gasteiger partial charge in [-0.2, -0.15) is 0 Å². The van der Waals surface area contributed by atoms with Crippen molar-refractivity contribution in [3.8, 4) is 11.5 Å². The molecule has 80 valence electrons. The first-order valence-electron chi connectivity index (χ1n) is 4.03. The van der Waals surface area contributed by atoms with Crippen LogP contribution < -0.4 is 4.74 Å². The zero-order valence-corrected chi connectivity index (χ0v) is 8.18. The van der Waals surface area contributed by atoms with Crippen molar-refractivity contribution < 1.29 is 19.6 Å². The Morgan fingerprint density at radius 3 is 2.60 bits per heavy atom. The molecule has 0 saturated carbocycles. The second-order valence-electron chi connectivity index (χ2n) is 2.87. The van der Waals surface area contributed by atoms with E-state index in [-0.39, 0.29) is 11.3 Å². The summed E-state index contributed by atoms with van der Waals surface area (Å²) in [5.41, 5.74) is -0.0495. The van der Waals surface area contributed by atoms with Crippen LogP contribution in [0.5, 0.6) is 11.5 Å². The highest BCUT2D eigenvalue weighted by atomic mass is 16.6. The molecular weight excluding hydrogens is 202 g/mol. The molecule has 0 aliphatic carbocycles. The molecule has 0 atom stereocenters. The number of aromatic hydroxyl groups is 1. The topological polar surface area (TPSA) is 89.7 Å². The minimum absolute atomic E-state index is 0.0497. The number of nitro benzene ring substituents is 1. The van der Waals surface area contributed by atoms with Gasteiger partial charge in [-0.1, -0.05) is 0 Å². The fourth-order valence-electron chi connectivity index (χ4n) is 1.26. The standard InChI is InChI=1S/C9H9NO5/c1-5-6(4-11)3-7(10(13)14)8(12)9(5)15-2/h3-4,12H,1-2H3. The molecule has 0 fully saturated rings. The maximum atomic E-state index is 10.6.